The zero-order chi connectivity index (χ0) is 21.8. The molecule has 2 atom stereocenters. The maximum absolute atomic E-state index is 13.1. The molecular formula is C29H25NO2. The summed E-state index contributed by atoms with van der Waals surface area (Å²) >= 11 is 0. The molecule has 0 aromatic heterocycles. The molecule has 1 aliphatic rings. The van der Waals surface area contributed by atoms with Gasteiger partial charge in [0.25, 0.3) is 0 Å². The summed E-state index contributed by atoms with van der Waals surface area (Å²) in [4.78, 5) is 15.3. The third kappa shape index (κ3) is 3.72. The van der Waals surface area contributed by atoms with Gasteiger partial charge in [-0.1, -0.05) is 121 Å². The predicted molar refractivity (Wildman–Crippen MR) is 126 cm³/mol. The van der Waals surface area contributed by atoms with Crippen LogP contribution in [-0.2, 0) is 21.7 Å². The molecule has 3 heteroatoms. The third-order valence-electron chi connectivity index (χ3n) is 6.11. The number of ether oxygens (including phenoxy) is 1. The van der Waals surface area contributed by atoms with E-state index in [1.807, 2.05) is 48.5 Å². The van der Waals surface area contributed by atoms with Crippen molar-refractivity contribution < 1.29 is 9.53 Å². The molecule has 1 unspecified atom stereocenters. The maximum Gasteiger partial charge on any atom is 0.325 e. The van der Waals surface area contributed by atoms with E-state index in [4.69, 9.17) is 4.74 Å². The van der Waals surface area contributed by atoms with E-state index >= 15 is 0 Å². The van der Waals surface area contributed by atoms with E-state index in [0.717, 1.165) is 22.3 Å². The average Bonchev–Trinajstić information content (AvgIpc) is 3.67. The first-order chi connectivity index (χ1) is 15.8. The monoisotopic (exact) mass is 419 g/mol. The number of esters is 1. The normalized spacial score (nSPS) is 17.5. The first-order valence-electron chi connectivity index (χ1n) is 10.9. The summed E-state index contributed by atoms with van der Waals surface area (Å²) in [6, 6.07) is 40.8. The fourth-order valence-electron chi connectivity index (χ4n) is 4.57. The highest BCUT2D eigenvalue weighted by atomic mass is 16.5. The van der Waals surface area contributed by atoms with Crippen LogP contribution in [0.1, 0.15) is 22.3 Å². The van der Waals surface area contributed by atoms with Crippen LogP contribution in [-0.4, -0.2) is 23.5 Å². The van der Waals surface area contributed by atoms with Crippen molar-refractivity contribution in [2.45, 2.75) is 18.2 Å². The number of carbonyl (C=O) groups excluding carboxylic acids is 1. The number of carbonyl (C=O) groups is 1. The fraction of sp³-hybridized carbons (Fsp3) is 0.138. The molecule has 158 valence electrons. The van der Waals surface area contributed by atoms with Crippen molar-refractivity contribution in [1.82, 2.24) is 4.90 Å². The largest absolute Gasteiger partial charge is 0.460 e. The van der Waals surface area contributed by atoms with Crippen LogP contribution >= 0.6 is 0 Å². The van der Waals surface area contributed by atoms with Gasteiger partial charge in [-0.25, -0.2) is 0 Å². The SMILES string of the molecule is O=C(OCc1ccccc1)[C@H]1CN1C(c1ccccc1)(c1ccccc1)c1ccccc1. The van der Waals surface area contributed by atoms with Crippen molar-refractivity contribution in [3.8, 4) is 0 Å². The van der Waals surface area contributed by atoms with Crippen molar-refractivity contribution in [2.75, 3.05) is 6.54 Å². The Labute approximate surface area is 188 Å². The summed E-state index contributed by atoms with van der Waals surface area (Å²) in [5.41, 5.74) is 3.83. The van der Waals surface area contributed by atoms with E-state index in [9.17, 15) is 4.79 Å². The van der Waals surface area contributed by atoms with Crippen LogP contribution in [0.3, 0.4) is 0 Å². The second-order valence-electron chi connectivity index (χ2n) is 8.07. The zero-order valence-corrected chi connectivity index (χ0v) is 17.8. The van der Waals surface area contributed by atoms with Gasteiger partial charge in [0.15, 0.2) is 0 Å². The Bertz CT molecular complexity index is 1060. The van der Waals surface area contributed by atoms with Gasteiger partial charge in [0.05, 0.1) is 5.54 Å². The molecule has 1 saturated heterocycles. The summed E-state index contributed by atoms with van der Waals surface area (Å²) in [6.07, 6.45) is 0. The molecule has 0 saturated carbocycles. The molecule has 0 N–H and O–H groups in total. The lowest BCUT2D eigenvalue weighted by atomic mass is 9.76. The van der Waals surface area contributed by atoms with Crippen molar-refractivity contribution in [3.05, 3.63) is 144 Å². The molecule has 5 rings (SSSR count). The van der Waals surface area contributed by atoms with Crippen molar-refractivity contribution in [1.29, 1.82) is 0 Å². The molecule has 32 heavy (non-hydrogen) atoms. The molecule has 3 nitrogen and oxygen atoms in total. The Hall–Kier alpha value is -3.69. The van der Waals surface area contributed by atoms with Crippen molar-refractivity contribution in [3.63, 3.8) is 0 Å². The molecule has 0 bridgehead atoms. The molecule has 1 heterocycles. The molecule has 0 aliphatic carbocycles. The number of hydrogen-bond acceptors (Lipinski definition) is 3. The number of hydrogen-bond donors (Lipinski definition) is 0. The zero-order valence-electron chi connectivity index (χ0n) is 17.8. The molecule has 0 spiro atoms. The van der Waals surface area contributed by atoms with E-state index in [1.165, 1.54) is 0 Å². The van der Waals surface area contributed by atoms with Gasteiger partial charge in [0, 0.05) is 6.54 Å². The first-order valence-corrected chi connectivity index (χ1v) is 10.9. The second-order valence-corrected chi connectivity index (χ2v) is 8.07. The summed E-state index contributed by atoms with van der Waals surface area (Å²) in [7, 11) is 0. The van der Waals surface area contributed by atoms with Crippen LogP contribution in [0.15, 0.2) is 121 Å². The molecular weight excluding hydrogens is 394 g/mol. The Kier molecular flexibility index (Phi) is 5.57. The second kappa shape index (κ2) is 8.81. The smallest absolute Gasteiger partial charge is 0.325 e. The maximum atomic E-state index is 13.1. The highest BCUT2D eigenvalue weighted by molar-refractivity contribution is 5.80. The molecule has 4 aromatic rings. The fourth-order valence-corrected chi connectivity index (χ4v) is 4.57. The van der Waals surface area contributed by atoms with Gasteiger partial charge < -0.3 is 4.74 Å². The van der Waals surface area contributed by atoms with Crippen molar-refractivity contribution >= 4 is 5.97 Å². The first kappa shape index (κ1) is 20.2. The minimum absolute atomic E-state index is 0.180. The summed E-state index contributed by atoms with van der Waals surface area (Å²) < 4.78 is 5.70. The minimum atomic E-state index is -0.569. The van der Waals surface area contributed by atoms with Crippen LogP contribution in [0, 0.1) is 0 Å². The van der Waals surface area contributed by atoms with E-state index in [2.05, 4.69) is 77.7 Å². The van der Waals surface area contributed by atoms with Gasteiger partial charge in [0.2, 0.25) is 0 Å². The van der Waals surface area contributed by atoms with Crippen LogP contribution in [0.5, 0.6) is 0 Å². The molecule has 0 radical (unpaired) electrons. The predicted octanol–water partition coefficient (Wildman–Crippen LogP) is 5.41. The lowest BCUT2D eigenvalue weighted by molar-refractivity contribution is -0.145. The van der Waals surface area contributed by atoms with Crippen molar-refractivity contribution in [2.24, 2.45) is 0 Å². The Morgan fingerprint density at radius 1 is 0.688 bits per heavy atom. The van der Waals surface area contributed by atoms with Gasteiger partial charge in [0.1, 0.15) is 12.6 Å². The third-order valence-corrected chi connectivity index (χ3v) is 6.11. The van der Waals surface area contributed by atoms with Gasteiger partial charge >= 0.3 is 5.97 Å². The molecule has 1 aliphatic heterocycles. The molecule has 0 amide bonds. The van der Waals surface area contributed by atoms with E-state index in [0.29, 0.717) is 13.2 Å². The standard InChI is InChI=1S/C29H25NO2/c31-28(32-22-23-13-5-1-6-14-23)27-21-30(27)29(24-15-7-2-8-16-24,25-17-9-3-10-18-25)26-19-11-4-12-20-26/h1-20,27H,21-22H2/t27-,30?/m1/s1. The quantitative estimate of drug-likeness (QED) is 0.228. The number of rotatable bonds is 7. The van der Waals surface area contributed by atoms with E-state index < -0.39 is 5.54 Å². The summed E-state index contributed by atoms with van der Waals surface area (Å²) in [5.74, 6) is -0.180. The lowest BCUT2D eigenvalue weighted by Gasteiger charge is -2.38. The van der Waals surface area contributed by atoms with Crippen LogP contribution in [0.2, 0.25) is 0 Å². The Morgan fingerprint density at radius 2 is 1.09 bits per heavy atom. The highest BCUT2D eigenvalue weighted by Gasteiger charge is 2.56. The van der Waals surface area contributed by atoms with Crippen LogP contribution in [0.25, 0.3) is 0 Å². The van der Waals surface area contributed by atoms with Crippen LogP contribution < -0.4 is 0 Å². The Morgan fingerprint density at radius 3 is 1.53 bits per heavy atom. The lowest BCUT2D eigenvalue weighted by Crippen LogP contribution is -2.40. The van der Waals surface area contributed by atoms with Crippen LogP contribution in [0.4, 0.5) is 0 Å². The van der Waals surface area contributed by atoms with E-state index in [-0.39, 0.29) is 12.0 Å². The van der Waals surface area contributed by atoms with E-state index in [1.54, 1.807) is 0 Å². The van der Waals surface area contributed by atoms with Gasteiger partial charge in [-0.05, 0) is 22.3 Å². The number of nitrogens with zero attached hydrogens (tertiary/aromatic N) is 1. The Balaban J connectivity index is 1.53. The van der Waals surface area contributed by atoms with Gasteiger partial charge in [-0.15, -0.1) is 0 Å². The number of benzene rings is 4. The topological polar surface area (TPSA) is 29.3 Å². The molecule has 1 fully saturated rings. The summed E-state index contributed by atoms with van der Waals surface area (Å²) in [5, 5.41) is 0. The summed E-state index contributed by atoms with van der Waals surface area (Å²) in [6.45, 7) is 0.936. The molecule has 4 aromatic carbocycles. The average molecular weight is 420 g/mol. The highest BCUT2D eigenvalue weighted by Crippen LogP contribution is 2.48. The van der Waals surface area contributed by atoms with Gasteiger partial charge in [-0.2, -0.15) is 0 Å². The van der Waals surface area contributed by atoms with Gasteiger partial charge in [-0.3, -0.25) is 9.69 Å². The minimum Gasteiger partial charge on any atom is -0.460 e.